The largest absolute Gasteiger partial charge is 0.493 e. The molecule has 3 heterocycles. The highest BCUT2D eigenvalue weighted by molar-refractivity contribution is 9.10. The minimum absolute atomic E-state index is 0.111. The van der Waals surface area contributed by atoms with E-state index >= 15 is 0 Å². The Kier molecular flexibility index (Phi) is 13.6. The maximum Gasteiger partial charge on any atom is 0.355 e. The van der Waals surface area contributed by atoms with Gasteiger partial charge in [0.25, 0.3) is 0 Å². The van der Waals surface area contributed by atoms with Crippen LogP contribution in [0, 0.1) is 13.8 Å². The van der Waals surface area contributed by atoms with Crippen molar-refractivity contribution in [2.24, 2.45) is 21.1 Å². The summed E-state index contributed by atoms with van der Waals surface area (Å²) >= 11 is 10.6. The zero-order valence-electron chi connectivity index (χ0n) is 35.3. The van der Waals surface area contributed by atoms with Crippen LogP contribution in [0.2, 0.25) is 5.02 Å². The van der Waals surface area contributed by atoms with Crippen molar-refractivity contribution in [2.45, 2.75) is 53.3 Å². The Morgan fingerprint density at radius 1 is 0.852 bits per heavy atom. The van der Waals surface area contributed by atoms with E-state index in [4.69, 9.17) is 30.9 Å². The van der Waals surface area contributed by atoms with Gasteiger partial charge in [-0.15, -0.1) is 0 Å². The summed E-state index contributed by atoms with van der Waals surface area (Å²) in [7, 11) is 5.56. The number of nitrogens with zero attached hydrogens (tertiary/aromatic N) is 6. The van der Waals surface area contributed by atoms with Crippen LogP contribution in [-0.2, 0) is 56.7 Å². The van der Waals surface area contributed by atoms with Crippen LogP contribution in [0.1, 0.15) is 68.1 Å². The van der Waals surface area contributed by atoms with Gasteiger partial charge < -0.3 is 23.9 Å². The first-order valence-corrected chi connectivity index (χ1v) is 21.4. The summed E-state index contributed by atoms with van der Waals surface area (Å²) in [6.07, 6.45) is 1.21. The molecule has 0 saturated heterocycles. The zero-order valence-corrected chi connectivity index (χ0v) is 37.6. The third kappa shape index (κ3) is 9.40. The minimum atomic E-state index is -0.423. The highest BCUT2D eigenvalue weighted by atomic mass is 79.9. The van der Waals surface area contributed by atoms with Crippen molar-refractivity contribution in [2.75, 3.05) is 26.4 Å². The van der Waals surface area contributed by atoms with E-state index in [9.17, 15) is 14.7 Å². The Labute approximate surface area is 368 Å². The molecule has 61 heavy (non-hydrogen) atoms. The molecule has 0 aliphatic heterocycles. The molecular formula is C47H50BrClN6O6. The van der Waals surface area contributed by atoms with Gasteiger partial charge in [-0.1, -0.05) is 63.9 Å². The van der Waals surface area contributed by atoms with Crippen molar-refractivity contribution in [1.29, 1.82) is 0 Å². The van der Waals surface area contributed by atoms with Crippen molar-refractivity contribution >= 4 is 61.1 Å². The monoisotopic (exact) mass is 908 g/mol. The molecule has 12 nitrogen and oxygen atoms in total. The van der Waals surface area contributed by atoms with Crippen LogP contribution in [0.4, 0.5) is 0 Å². The fourth-order valence-corrected chi connectivity index (χ4v) is 8.53. The molecule has 0 saturated carbocycles. The lowest BCUT2D eigenvalue weighted by Crippen LogP contribution is -2.28. The maximum atomic E-state index is 13.8. The summed E-state index contributed by atoms with van der Waals surface area (Å²) in [4.78, 5) is 28.9. The number of carbonyl (C=O) groups excluding carboxylic acids is 2. The van der Waals surface area contributed by atoms with Gasteiger partial charge in [0.2, 0.25) is 0 Å². The zero-order chi connectivity index (χ0) is 43.4. The average molecular weight is 910 g/mol. The number of hydrogen-bond acceptors (Lipinski definition) is 9. The normalized spacial score (nSPS) is 11.6. The molecule has 318 valence electrons. The summed E-state index contributed by atoms with van der Waals surface area (Å²) in [6, 6.07) is 25.2. The van der Waals surface area contributed by atoms with Gasteiger partial charge in [-0.3, -0.25) is 14.3 Å². The molecule has 0 unspecified atom stereocenters. The van der Waals surface area contributed by atoms with Crippen LogP contribution in [0.5, 0.6) is 5.75 Å². The fraction of sp³-hybridized carbons (Fsp3) is 0.319. The Morgan fingerprint density at radius 3 is 2.36 bits per heavy atom. The number of hydrogen-bond donors (Lipinski definition) is 1. The smallest absolute Gasteiger partial charge is 0.355 e. The second-order valence-corrected chi connectivity index (χ2v) is 16.5. The van der Waals surface area contributed by atoms with E-state index in [2.05, 4.69) is 57.1 Å². The molecular weight excluding hydrogens is 860 g/mol. The summed E-state index contributed by atoms with van der Waals surface area (Å²) in [5, 5.41) is 23.1. The molecule has 0 spiro atoms. The molecule has 1 N–H and O–H groups in total. The predicted molar refractivity (Wildman–Crippen MR) is 241 cm³/mol. The Morgan fingerprint density at radius 2 is 1.62 bits per heavy atom. The first-order chi connectivity index (χ1) is 29.4. The molecule has 14 heteroatoms. The molecule has 3 aromatic heterocycles. The van der Waals surface area contributed by atoms with Crippen molar-refractivity contribution in [3.63, 3.8) is 0 Å². The van der Waals surface area contributed by atoms with E-state index in [1.807, 2.05) is 60.6 Å². The number of esters is 2. The number of aliphatic hydroxyl groups is 1. The van der Waals surface area contributed by atoms with Gasteiger partial charge in [0.05, 0.1) is 53.0 Å². The second-order valence-electron chi connectivity index (χ2n) is 15.2. The molecule has 0 aliphatic carbocycles. The lowest BCUT2D eigenvalue weighted by atomic mass is 9.97. The average Bonchev–Trinajstić information content (AvgIpc) is 3.84. The van der Waals surface area contributed by atoms with Gasteiger partial charge in [0.15, 0.2) is 0 Å². The summed E-state index contributed by atoms with van der Waals surface area (Å²) in [6.45, 7) is 7.60. The Balaban J connectivity index is 1.22. The number of fused-ring (bicyclic) bond motifs is 2. The summed E-state index contributed by atoms with van der Waals surface area (Å²) < 4.78 is 24.0. The van der Waals surface area contributed by atoms with Gasteiger partial charge in [0, 0.05) is 72.8 Å². The first-order valence-electron chi connectivity index (χ1n) is 20.3. The van der Waals surface area contributed by atoms with Crippen LogP contribution >= 0.6 is 27.5 Å². The fourth-order valence-electron chi connectivity index (χ4n) is 8.02. The number of aryl methyl sites for hydroxylation is 5. The molecule has 0 aliphatic rings. The van der Waals surface area contributed by atoms with Gasteiger partial charge in [-0.05, 0) is 92.6 Å². The second kappa shape index (κ2) is 19.1. The van der Waals surface area contributed by atoms with Crippen molar-refractivity contribution in [3.05, 3.63) is 134 Å². The topological polar surface area (TPSA) is 126 Å². The molecule has 0 amide bonds. The first kappa shape index (κ1) is 43.6. The third-order valence-electron chi connectivity index (χ3n) is 11.0. The third-order valence-corrected chi connectivity index (χ3v) is 11.8. The number of benzene rings is 4. The Hall–Kier alpha value is -5.47. The number of ether oxygens (including phenoxy) is 3. The summed E-state index contributed by atoms with van der Waals surface area (Å²) in [5.74, 6) is 0.00255. The molecule has 0 atom stereocenters. The van der Waals surface area contributed by atoms with Gasteiger partial charge in [-0.25, -0.2) is 9.59 Å². The number of halogens is 2. The number of aromatic nitrogens is 5. The molecule has 7 aromatic rings. The van der Waals surface area contributed by atoms with E-state index in [1.165, 1.54) is 0 Å². The lowest BCUT2D eigenvalue weighted by molar-refractivity contribution is 0.0451. The maximum absolute atomic E-state index is 13.8. The predicted octanol–water partition coefficient (Wildman–Crippen LogP) is 9.04. The van der Waals surface area contributed by atoms with Crippen LogP contribution in [0.15, 0.2) is 83.3 Å². The van der Waals surface area contributed by atoms with E-state index < -0.39 is 11.9 Å². The van der Waals surface area contributed by atoms with Gasteiger partial charge in [-0.2, -0.15) is 10.2 Å². The minimum Gasteiger partial charge on any atom is -0.493 e. The van der Waals surface area contributed by atoms with E-state index in [1.54, 1.807) is 42.9 Å². The molecule has 0 fully saturated rings. The van der Waals surface area contributed by atoms with Crippen molar-refractivity contribution < 1.29 is 28.9 Å². The van der Waals surface area contributed by atoms with Crippen LogP contribution in [-0.4, -0.2) is 72.4 Å². The summed E-state index contributed by atoms with van der Waals surface area (Å²) in [5.41, 5.74) is 8.33. The highest BCUT2D eigenvalue weighted by Crippen LogP contribution is 2.42. The van der Waals surface area contributed by atoms with Crippen LogP contribution in [0.25, 0.3) is 32.8 Å². The SMILES string of the molecule is CCOC(=O)c1c(CCCOc2cc(C)cc3ccccc23)c2ccc(Cl)c(-c3c(CN(CCOC(=O)c4ccc(Br)cc4)Cc4cc(CO)n(C)n4)nn(C)c3C)c2n1C. The molecule has 0 radical (unpaired) electrons. The van der Waals surface area contributed by atoms with E-state index in [0.29, 0.717) is 61.1 Å². The molecule has 7 rings (SSSR count). The van der Waals surface area contributed by atoms with E-state index in [-0.39, 0.29) is 19.8 Å². The standard InChI is InChI=1S/C47H50BrClN6O6/c1-7-59-47(58)45-37(13-10-21-60-41-24-29(2)23-32-11-8-9-12-36(32)41)38-18-19-39(49)43(44(38)52(45)4)42-30(3)53(5)51-40(42)27-55(26-34-25-35(28-56)54(6)50-34)20-22-61-46(57)31-14-16-33(48)17-15-31/h8-9,11-12,14-19,23-25,56H,7,10,13,20-22,26-28H2,1-6H3. The van der Waals surface area contributed by atoms with Gasteiger partial charge in [0.1, 0.15) is 18.1 Å². The van der Waals surface area contributed by atoms with Crippen molar-refractivity contribution in [1.82, 2.24) is 29.0 Å². The quantitative estimate of drug-likeness (QED) is 0.0704. The van der Waals surface area contributed by atoms with Gasteiger partial charge >= 0.3 is 11.9 Å². The molecule has 4 aromatic carbocycles. The number of rotatable bonds is 17. The highest BCUT2D eigenvalue weighted by Gasteiger charge is 2.29. The van der Waals surface area contributed by atoms with Crippen LogP contribution in [0.3, 0.4) is 0 Å². The number of carbonyl (C=O) groups is 2. The Bertz CT molecular complexity index is 2720. The van der Waals surface area contributed by atoms with Crippen molar-refractivity contribution in [3.8, 4) is 16.9 Å². The number of aliphatic hydroxyl groups excluding tert-OH is 1. The van der Waals surface area contributed by atoms with E-state index in [0.717, 1.165) is 71.2 Å². The molecule has 0 bridgehead atoms. The lowest BCUT2D eigenvalue weighted by Gasteiger charge is -2.21. The van der Waals surface area contributed by atoms with Crippen LogP contribution < -0.4 is 4.74 Å².